The molecule has 1 aliphatic rings. The number of carbonyl (C=O) groups excluding carboxylic acids is 2. The smallest absolute Gasteiger partial charge is 0.224 e. The fourth-order valence-corrected chi connectivity index (χ4v) is 3.20. The summed E-state index contributed by atoms with van der Waals surface area (Å²) in [5.41, 5.74) is 1.31. The molecule has 1 aromatic carbocycles. The van der Waals surface area contributed by atoms with Crippen LogP contribution in [0.3, 0.4) is 0 Å². The van der Waals surface area contributed by atoms with Gasteiger partial charge in [0.15, 0.2) is 5.78 Å². The second-order valence-electron chi connectivity index (χ2n) is 6.57. The molecule has 1 heterocycles. The Kier molecular flexibility index (Phi) is 5.47. The Hall–Kier alpha value is -2.22. The molecule has 0 aliphatic heterocycles. The minimum absolute atomic E-state index is 0.00963. The van der Waals surface area contributed by atoms with E-state index in [2.05, 4.69) is 20.8 Å². The van der Waals surface area contributed by atoms with Crippen molar-refractivity contribution in [1.29, 1.82) is 0 Å². The zero-order chi connectivity index (χ0) is 17.8. The van der Waals surface area contributed by atoms with E-state index in [1.807, 2.05) is 13.8 Å². The Morgan fingerprint density at radius 2 is 2.00 bits per heavy atom. The molecular weight excluding hydrogens is 338 g/mol. The summed E-state index contributed by atoms with van der Waals surface area (Å²) in [5, 5.41) is 15.2. The molecule has 7 nitrogen and oxygen atoms in total. The summed E-state index contributed by atoms with van der Waals surface area (Å²) in [7, 11) is 0. The summed E-state index contributed by atoms with van der Waals surface area (Å²) in [5.74, 6) is 0.587. The average molecular weight is 359 g/mol. The van der Waals surface area contributed by atoms with E-state index in [4.69, 9.17) is 0 Å². The first-order chi connectivity index (χ1) is 12.0. The number of anilines is 1. The van der Waals surface area contributed by atoms with Gasteiger partial charge in [0.1, 0.15) is 0 Å². The van der Waals surface area contributed by atoms with Crippen LogP contribution >= 0.6 is 11.8 Å². The predicted octanol–water partition coefficient (Wildman–Crippen LogP) is 2.97. The van der Waals surface area contributed by atoms with E-state index in [0.717, 1.165) is 12.8 Å². The van der Waals surface area contributed by atoms with E-state index in [9.17, 15) is 9.59 Å². The summed E-state index contributed by atoms with van der Waals surface area (Å²) in [6.45, 7) is 4.00. The average Bonchev–Trinajstić information content (AvgIpc) is 3.31. The van der Waals surface area contributed by atoms with Crippen LogP contribution in [0.15, 0.2) is 29.4 Å². The Morgan fingerprint density at radius 3 is 2.64 bits per heavy atom. The molecule has 0 spiro atoms. The number of nitrogens with zero attached hydrogens (tertiary/aromatic N) is 4. The number of tetrazole rings is 1. The van der Waals surface area contributed by atoms with Gasteiger partial charge in [-0.25, -0.2) is 4.68 Å². The SMILES string of the molecule is CC(C)CC(=O)Nc1ccc(C(=O)CSc2nnnn2C2CC2)cc1. The summed E-state index contributed by atoms with van der Waals surface area (Å²) in [4.78, 5) is 24.1. The zero-order valence-corrected chi connectivity index (χ0v) is 15.1. The number of carbonyl (C=O) groups is 2. The molecule has 1 amide bonds. The topological polar surface area (TPSA) is 89.8 Å². The van der Waals surface area contributed by atoms with Crippen molar-refractivity contribution in [2.45, 2.75) is 44.3 Å². The molecule has 1 saturated carbocycles. The zero-order valence-electron chi connectivity index (χ0n) is 14.3. The first-order valence-corrected chi connectivity index (χ1v) is 9.35. The van der Waals surface area contributed by atoms with Crippen molar-refractivity contribution in [1.82, 2.24) is 20.2 Å². The molecule has 1 aromatic heterocycles. The number of Topliss-reactive ketones (excluding diaryl/α,β-unsaturated/α-hetero) is 1. The van der Waals surface area contributed by atoms with E-state index >= 15 is 0 Å². The number of aromatic nitrogens is 4. The van der Waals surface area contributed by atoms with Gasteiger partial charge in [-0.3, -0.25) is 9.59 Å². The lowest BCUT2D eigenvalue weighted by molar-refractivity contribution is -0.116. The molecule has 1 aliphatic carbocycles. The molecule has 2 aromatic rings. The number of nitrogens with one attached hydrogen (secondary N) is 1. The highest BCUT2D eigenvalue weighted by Gasteiger charge is 2.28. The maximum Gasteiger partial charge on any atom is 0.224 e. The number of hydrogen-bond acceptors (Lipinski definition) is 6. The molecule has 8 heteroatoms. The van der Waals surface area contributed by atoms with Gasteiger partial charge in [0.05, 0.1) is 11.8 Å². The third-order valence-corrected chi connectivity index (χ3v) is 4.71. The van der Waals surface area contributed by atoms with E-state index < -0.39 is 0 Å². The van der Waals surface area contributed by atoms with Gasteiger partial charge in [-0.1, -0.05) is 25.6 Å². The first-order valence-electron chi connectivity index (χ1n) is 8.36. The molecule has 0 unspecified atom stereocenters. The van der Waals surface area contributed by atoms with Gasteiger partial charge in [-0.15, -0.1) is 5.10 Å². The molecule has 0 saturated heterocycles. The van der Waals surface area contributed by atoms with Crippen LogP contribution in [-0.4, -0.2) is 37.7 Å². The van der Waals surface area contributed by atoms with Crippen molar-refractivity contribution in [3.63, 3.8) is 0 Å². The van der Waals surface area contributed by atoms with Crippen LogP contribution in [-0.2, 0) is 4.79 Å². The van der Waals surface area contributed by atoms with Crippen molar-refractivity contribution in [3.05, 3.63) is 29.8 Å². The van der Waals surface area contributed by atoms with E-state index in [-0.39, 0.29) is 17.4 Å². The van der Waals surface area contributed by atoms with Crippen LogP contribution in [0.4, 0.5) is 5.69 Å². The van der Waals surface area contributed by atoms with Gasteiger partial charge in [-0.2, -0.15) is 0 Å². The van der Waals surface area contributed by atoms with Gasteiger partial charge in [0, 0.05) is 17.7 Å². The fourth-order valence-electron chi connectivity index (χ4n) is 2.36. The summed E-state index contributed by atoms with van der Waals surface area (Å²) >= 11 is 1.35. The number of hydrogen-bond donors (Lipinski definition) is 1. The van der Waals surface area contributed by atoms with Crippen LogP contribution in [0, 0.1) is 5.92 Å². The van der Waals surface area contributed by atoms with E-state index in [1.165, 1.54) is 11.8 Å². The van der Waals surface area contributed by atoms with Crippen LogP contribution in [0.25, 0.3) is 0 Å². The number of ketones is 1. The van der Waals surface area contributed by atoms with Crippen LogP contribution in [0.1, 0.15) is 49.5 Å². The minimum Gasteiger partial charge on any atom is -0.326 e. The van der Waals surface area contributed by atoms with Crippen molar-refractivity contribution < 1.29 is 9.59 Å². The van der Waals surface area contributed by atoms with Crippen molar-refractivity contribution in [3.8, 4) is 0 Å². The normalized spacial score (nSPS) is 13.9. The van der Waals surface area contributed by atoms with Crippen LogP contribution in [0.2, 0.25) is 0 Å². The van der Waals surface area contributed by atoms with Gasteiger partial charge in [-0.05, 0) is 53.5 Å². The monoisotopic (exact) mass is 359 g/mol. The highest BCUT2D eigenvalue weighted by molar-refractivity contribution is 7.99. The van der Waals surface area contributed by atoms with Gasteiger partial charge >= 0.3 is 0 Å². The molecule has 0 atom stereocenters. The number of thioether (sulfide) groups is 1. The molecule has 3 rings (SSSR count). The summed E-state index contributed by atoms with van der Waals surface area (Å²) < 4.78 is 1.80. The predicted molar refractivity (Wildman–Crippen MR) is 95.7 cm³/mol. The highest BCUT2D eigenvalue weighted by Crippen LogP contribution is 2.36. The molecule has 0 radical (unpaired) electrons. The quantitative estimate of drug-likeness (QED) is 0.576. The van der Waals surface area contributed by atoms with E-state index in [1.54, 1.807) is 28.9 Å². The highest BCUT2D eigenvalue weighted by atomic mass is 32.2. The number of rotatable bonds is 8. The lowest BCUT2D eigenvalue weighted by atomic mass is 10.1. The third kappa shape index (κ3) is 4.88. The second kappa shape index (κ2) is 7.77. The lowest BCUT2D eigenvalue weighted by Crippen LogP contribution is -2.14. The molecule has 132 valence electrons. The number of benzene rings is 1. The van der Waals surface area contributed by atoms with Crippen LogP contribution in [0.5, 0.6) is 0 Å². The minimum atomic E-state index is -0.0171. The Morgan fingerprint density at radius 1 is 1.28 bits per heavy atom. The van der Waals surface area contributed by atoms with Crippen molar-refractivity contribution in [2.24, 2.45) is 5.92 Å². The van der Waals surface area contributed by atoms with Gasteiger partial charge in [0.2, 0.25) is 11.1 Å². The van der Waals surface area contributed by atoms with E-state index in [0.29, 0.717) is 34.8 Å². The van der Waals surface area contributed by atoms with Crippen molar-refractivity contribution >= 4 is 29.1 Å². The fraction of sp³-hybridized carbons (Fsp3) is 0.471. The standard InChI is InChI=1S/C17H21N5O2S/c1-11(2)9-16(24)18-13-5-3-12(4-6-13)15(23)10-25-17-19-20-21-22(17)14-7-8-14/h3-6,11,14H,7-10H2,1-2H3,(H,18,24). The lowest BCUT2D eigenvalue weighted by Gasteiger charge is -2.08. The third-order valence-electron chi connectivity index (χ3n) is 3.77. The maximum absolute atomic E-state index is 12.3. The van der Waals surface area contributed by atoms with Gasteiger partial charge in [0.25, 0.3) is 0 Å². The Balaban J connectivity index is 1.53. The largest absolute Gasteiger partial charge is 0.326 e. The molecule has 25 heavy (non-hydrogen) atoms. The molecule has 0 bridgehead atoms. The molecular formula is C17H21N5O2S. The maximum atomic E-state index is 12.3. The molecule has 1 N–H and O–H groups in total. The molecule has 1 fully saturated rings. The summed E-state index contributed by atoms with van der Waals surface area (Å²) in [6.07, 6.45) is 2.67. The Bertz CT molecular complexity index is 753. The van der Waals surface area contributed by atoms with Crippen molar-refractivity contribution in [2.75, 3.05) is 11.1 Å². The second-order valence-corrected chi connectivity index (χ2v) is 7.52. The summed E-state index contributed by atoms with van der Waals surface area (Å²) in [6, 6.07) is 7.37. The first kappa shape index (κ1) is 17.6. The number of amides is 1. The van der Waals surface area contributed by atoms with Crippen LogP contribution < -0.4 is 5.32 Å². The Labute approximate surface area is 150 Å². The van der Waals surface area contributed by atoms with Gasteiger partial charge < -0.3 is 5.32 Å².